The Morgan fingerprint density at radius 3 is 2.47 bits per heavy atom. The highest BCUT2D eigenvalue weighted by Crippen LogP contribution is 2.38. The minimum Gasteiger partial charge on any atom is -0.507 e. The standard InChI is InChI=1S/C26H29FN4O3/c1-16(2)25(33)29-20-11-12-21(24(32)13-20)22-14-23(18-5-3-4-6-18)31(30-22)26(34)28-15-17-7-9-19(27)10-8-17/h7-14,16,18,32H,3-6,15H2,1-2H3,(H,28,34)(H,29,33). The van der Waals surface area contributed by atoms with Gasteiger partial charge in [-0.15, -0.1) is 0 Å². The Balaban J connectivity index is 1.59. The first-order chi connectivity index (χ1) is 16.3. The van der Waals surface area contributed by atoms with Crippen molar-refractivity contribution in [1.29, 1.82) is 0 Å². The van der Waals surface area contributed by atoms with E-state index in [4.69, 9.17) is 0 Å². The smallest absolute Gasteiger partial charge is 0.342 e. The molecule has 0 radical (unpaired) electrons. The monoisotopic (exact) mass is 464 g/mol. The largest absolute Gasteiger partial charge is 0.507 e. The molecule has 2 aromatic carbocycles. The number of phenolic OH excluding ortho intramolecular Hbond substituents is 1. The van der Waals surface area contributed by atoms with Crippen molar-refractivity contribution in [2.45, 2.75) is 52.0 Å². The van der Waals surface area contributed by atoms with Gasteiger partial charge in [0.25, 0.3) is 0 Å². The number of hydrogen-bond acceptors (Lipinski definition) is 4. The summed E-state index contributed by atoms with van der Waals surface area (Å²) in [6.07, 6.45) is 4.14. The van der Waals surface area contributed by atoms with Crippen molar-refractivity contribution < 1.29 is 19.1 Å². The molecule has 3 aromatic rings. The van der Waals surface area contributed by atoms with Gasteiger partial charge in [-0.25, -0.2) is 9.18 Å². The first-order valence-corrected chi connectivity index (χ1v) is 11.6. The lowest BCUT2D eigenvalue weighted by atomic mass is 10.0. The third-order valence-electron chi connectivity index (χ3n) is 6.13. The van der Waals surface area contributed by atoms with E-state index in [9.17, 15) is 19.1 Å². The molecule has 0 bridgehead atoms. The highest BCUT2D eigenvalue weighted by Gasteiger charge is 2.26. The van der Waals surface area contributed by atoms with Gasteiger partial charge in [-0.1, -0.05) is 38.8 Å². The van der Waals surface area contributed by atoms with Crippen molar-refractivity contribution in [3.05, 3.63) is 65.6 Å². The van der Waals surface area contributed by atoms with Crippen LogP contribution in [0.25, 0.3) is 11.3 Å². The molecule has 1 heterocycles. The van der Waals surface area contributed by atoms with Gasteiger partial charge in [0.1, 0.15) is 11.6 Å². The summed E-state index contributed by atoms with van der Waals surface area (Å²) >= 11 is 0. The zero-order valence-corrected chi connectivity index (χ0v) is 19.3. The van der Waals surface area contributed by atoms with E-state index < -0.39 is 0 Å². The Bertz CT molecular complexity index is 1180. The van der Waals surface area contributed by atoms with Gasteiger partial charge in [0.05, 0.1) is 11.4 Å². The molecule has 7 nitrogen and oxygen atoms in total. The van der Waals surface area contributed by atoms with Gasteiger partial charge in [-0.05, 0) is 48.7 Å². The van der Waals surface area contributed by atoms with E-state index in [2.05, 4.69) is 15.7 Å². The SMILES string of the molecule is CC(C)C(=O)Nc1ccc(-c2cc(C3CCCC3)n(C(=O)NCc3ccc(F)cc3)n2)c(O)c1. The molecular weight excluding hydrogens is 435 g/mol. The summed E-state index contributed by atoms with van der Waals surface area (Å²) in [6.45, 7) is 3.83. The second-order valence-electron chi connectivity index (χ2n) is 9.01. The number of aromatic hydroxyl groups is 1. The maximum absolute atomic E-state index is 13.2. The summed E-state index contributed by atoms with van der Waals surface area (Å²) in [5.74, 6) is -0.469. The number of benzene rings is 2. The van der Waals surface area contributed by atoms with Crippen molar-refractivity contribution in [1.82, 2.24) is 15.1 Å². The van der Waals surface area contributed by atoms with Crippen molar-refractivity contribution >= 4 is 17.6 Å². The zero-order chi connectivity index (χ0) is 24.2. The average molecular weight is 465 g/mol. The predicted molar refractivity (Wildman–Crippen MR) is 128 cm³/mol. The molecule has 0 spiro atoms. The van der Waals surface area contributed by atoms with Crippen molar-refractivity contribution in [2.75, 3.05) is 5.32 Å². The molecule has 1 aliphatic rings. The van der Waals surface area contributed by atoms with Crippen LogP contribution in [0.3, 0.4) is 0 Å². The van der Waals surface area contributed by atoms with E-state index in [1.165, 1.54) is 22.9 Å². The predicted octanol–water partition coefficient (Wildman–Crippen LogP) is 5.40. The Hall–Kier alpha value is -3.68. The number of anilines is 1. The van der Waals surface area contributed by atoms with Crippen LogP contribution in [0, 0.1) is 11.7 Å². The molecule has 34 heavy (non-hydrogen) atoms. The van der Waals surface area contributed by atoms with Crippen LogP contribution in [0.5, 0.6) is 5.75 Å². The number of phenols is 1. The first-order valence-electron chi connectivity index (χ1n) is 11.6. The van der Waals surface area contributed by atoms with Crippen LogP contribution < -0.4 is 10.6 Å². The number of carbonyl (C=O) groups is 2. The van der Waals surface area contributed by atoms with Gasteiger partial charge >= 0.3 is 6.03 Å². The van der Waals surface area contributed by atoms with E-state index in [0.717, 1.165) is 36.9 Å². The Morgan fingerprint density at radius 1 is 1.12 bits per heavy atom. The molecule has 0 saturated heterocycles. The number of halogens is 1. The Kier molecular flexibility index (Phi) is 6.95. The molecule has 1 aromatic heterocycles. The third kappa shape index (κ3) is 5.27. The maximum atomic E-state index is 13.2. The van der Waals surface area contributed by atoms with Crippen LogP contribution in [0.4, 0.5) is 14.9 Å². The van der Waals surface area contributed by atoms with Gasteiger partial charge in [0.15, 0.2) is 0 Å². The maximum Gasteiger partial charge on any atom is 0.342 e. The molecule has 1 aliphatic carbocycles. The van der Waals surface area contributed by atoms with Crippen molar-refractivity contribution in [3.8, 4) is 17.0 Å². The number of nitrogens with zero attached hydrogens (tertiary/aromatic N) is 2. The van der Waals surface area contributed by atoms with Gasteiger partial charge < -0.3 is 15.7 Å². The number of amides is 2. The zero-order valence-electron chi connectivity index (χ0n) is 19.3. The summed E-state index contributed by atoms with van der Waals surface area (Å²) in [4.78, 5) is 25.0. The molecule has 3 N–H and O–H groups in total. The molecule has 1 saturated carbocycles. The van der Waals surface area contributed by atoms with E-state index >= 15 is 0 Å². The van der Waals surface area contributed by atoms with Crippen LogP contribution in [-0.2, 0) is 11.3 Å². The van der Waals surface area contributed by atoms with Crippen molar-refractivity contribution in [2.24, 2.45) is 5.92 Å². The second kappa shape index (κ2) is 10.1. The quantitative estimate of drug-likeness (QED) is 0.455. The molecule has 0 atom stereocenters. The molecule has 4 rings (SSSR count). The minimum atomic E-state index is -0.377. The lowest BCUT2D eigenvalue weighted by Gasteiger charge is -2.12. The molecule has 0 unspecified atom stereocenters. The number of nitrogens with one attached hydrogen (secondary N) is 2. The average Bonchev–Trinajstić information content (AvgIpc) is 3.48. The van der Waals surface area contributed by atoms with Crippen molar-refractivity contribution in [3.63, 3.8) is 0 Å². The molecule has 1 fully saturated rings. The molecule has 2 amide bonds. The molecule has 0 aliphatic heterocycles. The van der Waals surface area contributed by atoms with E-state index in [-0.39, 0.29) is 41.9 Å². The fourth-order valence-corrected chi connectivity index (χ4v) is 4.17. The van der Waals surface area contributed by atoms with Gasteiger partial charge in [0, 0.05) is 35.7 Å². The van der Waals surface area contributed by atoms with Crippen LogP contribution >= 0.6 is 0 Å². The molecule has 8 heteroatoms. The Morgan fingerprint density at radius 2 is 1.82 bits per heavy atom. The lowest BCUT2D eigenvalue weighted by Crippen LogP contribution is -2.30. The molecular formula is C26H29FN4O3. The van der Waals surface area contributed by atoms with Gasteiger partial charge in [-0.3, -0.25) is 4.79 Å². The summed E-state index contributed by atoms with van der Waals surface area (Å²) in [5.41, 5.74) is 3.04. The van der Waals surface area contributed by atoms with Crippen LogP contribution in [-0.4, -0.2) is 26.8 Å². The van der Waals surface area contributed by atoms with Gasteiger partial charge in [0.2, 0.25) is 5.91 Å². The summed E-state index contributed by atoms with van der Waals surface area (Å²) in [7, 11) is 0. The second-order valence-corrected chi connectivity index (χ2v) is 9.01. The fourth-order valence-electron chi connectivity index (χ4n) is 4.17. The first kappa shape index (κ1) is 23.5. The minimum absolute atomic E-state index is 0.0316. The normalized spacial score (nSPS) is 13.9. The van der Waals surface area contributed by atoms with Crippen LogP contribution in [0.1, 0.15) is 56.7 Å². The summed E-state index contributed by atoms with van der Waals surface area (Å²) in [6, 6.07) is 12.3. The van der Waals surface area contributed by atoms with Crippen LogP contribution in [0.15, 0.2) is 48.5 Å². The lowest BCUT2D eigenvalue weighted by molar-refractivity contribution is -0.118. The Labute approximate surface area is 198 Å². The van der Waals surface area contributed by atoms with E-state index in [1.807, 2.05) is 6.07 Å². The number of carbonyl (C=O) groups excluding carboxylic acids is 2. The summed E-state index contributed by atoms with van der Waals surface area (Å²) < 4.78 is 14.5. The highest BCUT2D eigenvalue weighted by atomic mass is 19.1. The fraction of sp³-hybridized carbons (Fsp3) is 0.346. The third-order valence-corrected chi connectivity index (χ3v) is 6.13. The van der Waals surface area contributed by atoms with E-state index in [1.54, 1.807) is 38.1 Å². The number of aromatic nitrogens is 2. The topological polar surface area (TPSA) is 96.3 Å². The van der Waals surface area contributed by atoms with Gasteiger partial charge in [-0.2, -0.15) is 9.78 Å². The summed E-state index contributed by atoms with van der Waals surface area (Å²) in [5, 5.41) is 20.8. The molecule has 178 valence electrons. The highest BCUT2D eigenvalue weighted by molar-refractivity contribution is 5.92. The number of rotatable bonds is 6. The van der Waals surface area contributed by atoms with E-state index in [0.29, 0.717) is 16.9 Å². The number of hydrogen-bond donors (Lipinski definition) is 3. The van der Waals surface area contributed by atoms with Crippen LogP contribution in [0.2, 0.25) is 0 Å².